The minimum atomic E-state index is -3.73. The second-order valence-electron chi connectivity index (χ2n) is 7.67. The number of hydrogen-bond acceptors (Lipinski definition) is 4. The molecule has 2 aromatic carbocycles. The predicted molar refractivity (Wildman–Crippen MR) is 115 cm³/mol. The maximum absolute atomic E-state index is 13.1. The van der Waals surface area contributed by atoms with Crippen molar-refractivity contribution in [1.82, 2.24) is 9.62 Å². The maximum Gasteiger partial charge on any atom is 0.243 e. The molecule has 0 radical (unpaired) electrons. The van der Waals surface area contributed by atoms with Crippen LogP contribution in [-0.2, 0) is 19.6 Å². The van der Waals surface area contributed by atoms with Crippen LogP contribution in [0.2, 0.25) is 0 Å². The number of aryl methyl sites for hydroxylation is 2. The minimum absolute atomic E-state index is 0.0278. The van der Waals surface area contributed by atoms with Crippen LogP contribution in [0, 0.1) is 25.6 Å². The van der Waals surface area contributed by atoms with Crippen molar-refractivity contribution in [3.63, 3.8) is 0 Å². The number of nitrogens with zero attached hydrogens (tertiary/aromatic N) is 1. The van der Waals surface area contributed by atoms with Crippen LogP contribution in [-0.4, -0.2) is 44.2 Å². The summed E-state index contributed by atoms with van der Waals surface area (Å²) in [6.07, 6.45) is 0.704. The number of hydrogen-bond donors (Lipinski definition) is 2. The van der Waals surface area contributed by atoms with Gasteiger partial charge in [0, 0.05) is 24.7 Å². The molecular weight excluding hydrogens is 421 g/mol. The van der Waals surface area contributed by atoms with Gasteiger partial charge in [-0.05, 0) is 62.1 Å². The first-order chi connectivity index (χ1) is 14.7. The summed E-state index contributed by atoms with van der Waals surface area (Å²) in [5.74, 6) is -1.46. The SMILES string of the molecule is Cc1cccc(C)c1NC(=O)CNC(=O)C1CCN(S(=O)(=O)c2ccc(F)cc2)CC1. The Morgan fingerprint density at radius 1 is 1.03 bits per heavy atom. The monoisotopic (exact) mass is 447 g/mol. The molecule has 0 unspecified atom stereocenters. The summed E-state index contributed by atoms with van der Waals surface area (Å²) in [5.41, 5.74) is 2.62. The van der Waals surface area contributed by atoms with E-state index in [4.69, 9.17) is 0 Å². The molecule has 31 heavy (non-hydrogen) atoms. The number of benzene rings is 2. The fourth-order valence-corrected chi connectivity index (χ4v) is 5.09. The van der Waals surface area contributed by atoms with Crippen LogP contribution >= 0.6 is 0 Å². The molecule has 1 fully saturated rings. The average Bonchev–Trinajstić information content (AvgIpc) is 2.75. The third kappa shape index (κ3) is 5.48. The van der Waals surface area contributed by atoms with Crippen molar-refractivity contribution >= 4 is 27.5 Å². The highest BCUT2D eigenvalue weighted by molar-refractivity contribution is 7.89. The van der Waals surface area contributed by atoms with Gasteiger partial charge >= 0.3 is 0 Å². The molecule has 2 amide bonds. The summed E-state index contributed by atoms with van der Waals surface area (Å²) in [7, 11) is -3.73. The first-order valence-electron chi connectivity index (χ1n) is 10.1. The molecule has 3 rings (SSSR count). The maximum atomic E-state index is 13.1. The van der Waals surface area contributed by atoms with Crippen molar-refractivity contribution in [2.75, 3.05) is 25.0 Å². The lowest BCUT2D eigenvalue weighted by Crippen LogP contribution is -2.44. The lowest BCUT2D eigenvalue weighted by atomic mass is 9.97. The molecule has 0 spiro atoms. The number of carbonyl (C=O) groups is 2. The third-order valence-electron chi connectivity index (χ3n) is 5.44. The molecule has 0 bridgehead atoms. The Morgan fingerprint density at radius 2 is 1.61 bits per heavy atom. The van der Waals surface area contributed by atoms with E-state index in [1.807, 2.05) is 32.0 Å². The van der Waals surface area contributed by atoms with Gasteiger partial charge in [0.1, 0.15) is 5.82 Å². The van der Waals surface area contributed by atoms with Crippen LogP contribution < -0.4 is 10.6 Å². The van der Waals surface area contributed by atoms with Gasteiger partial charge in [0.25, 0.3) is 0 Å². The Bertz CT molecular complexity index is 1040. The van der Waals surface area contributed by atoms with Crippen molar-refractivity contribution in [2.45, 2.75) is 31.6 Å². The van der Waals surface area contributed by atoms with Gasteiger partial charge < -0.3 is 10.6 Å². The van der Waals surface area contributed by atoms with E-state index in [-0.39, 0.29) is 42.3 Å². The highest BCUT2D eigenvalue weighted by Gasteiger charge is 2.32. The van der Waals surface area contributed by atoms with Gasteiger partial charge in [-0.25, -0.2) is 12.8 Å². The van der Waals surface area contributed by atoms with Crippen LogP contribution in [0.3, 0.4) is 0 Å². The van der Waals surface area contributed by atoms with E-state index >= 15 is 0 Å². The molecule has 0 aliphatic carbocycles. The third-order valence-corrected chi connectivity index (χ3v) is 7.36. The summed E-state index contributed by atoms with van der Waals surface area (Å²) in [6, 6.07) is 10.4. The van der Waals surface area contributed by atoms with E-state index in [0.29, 0.717) is 12.8 Å². The Balaban J connectivity index is 1.50. The standard InChI is InChI=1S/C22H26FN3O4S/c1-15-4-3-5-16(2)21(15)25-20(27)14-24-22(28)17-10-12-26(13-11-17)31(29,30)19-8-6-18(23)7-9-19/h3-9,17H,10-14H2,1-2H3,(H,24,28)(H,25,27). The van der Waals surface area contributed by atoms with Gasteiger partial charge in [-0.15, -0.1) is 0 Å². The predicted octanol–water partition coefficient (Wildman–Crippen LogP) is 2.60. The second-order valence-corrected chi connectivity index (χ2v) is 9.60. The van der Waals surface area contributed by atoms with Crippen molar-refractivity contribution in [3.8, 4) is 0 Å². The van der Waals surface area contributed by atoms with E-state index in [9.17, 15) is 22.4 Å². The zero-order chi connectivity index (χ0) is 22.6. The van der Waals surface area contributed by atoms with E-state index in [2.05, 4.69) is 10.6 Å². The van der Waals surface area contributed by atoms with Crippen LogP contribution in [0.4, 0.5) is 10.1 Å². The Labute approximate surface area is 181 Å². The number of carbonyl (C=O) groups excluding carboxylic acids is 2. The Kier molecular flexibility index (Phi) is 7.07. The molecule has 7 nitrogen and oxygen atoms in total. The van der Waals surface area contributed by atoms with Gasteiger partial charge in [0.05, 0.1) is 11.4 Å². The van der Waals surface area contributed by atoms with Gasteiger partial charge in [-0.3, -0.25) is 9.59 Å². The topological polar surface area (TPSA) is 95.6 Å². The Morgan fingerprint density at radius 3 is 2.19 bits per heavy atom. The molecule has 0 atom stereocenters. The fraction of sp³-hybridized carbons (Fsp3) is 0.364. The molecule has 2 aromatic rings. The van der Waals surface area contributed by atoms with Crippen molar-refractivity contribution in [3.05, 3.63) is 59.4 Å². The van der Waals surface area contributed by atoms with Crippen molar-refractivity contribution in [2.24, 2.45) is 5.92 Å². The number of amides is 2. The molecular formula is C22H26FN3O4S. The van der Waals surface area contributed by atoms with Gasteiger partial charge in [-0.1, -0.05) is 18.2 Å². The highest BCUT2D eigenvalue weighted by Crippen LogP contribution is 2.24. The molecule has 2 N–H and O–H groups in total. The van der Waals surface area contributed by atoms with Crippen molar-refractivity contribution < 1.29 is 22.4 Å². The first-order valence-corrected chi connectivity index (χ1v) is 11.5. The van der Waals surface area contributed by atoms with E-state index in [1.165, 1.54) is 16.4 Å². The first kappa shape index (κ1) is 22.9. The second kappa shape index (κ2) is 9.57. The van der Waals surface area contributed by atoms with Crippen LogP contribution in [0.15, 0.2) is 47.4 Å². The quantitative estimate of drug-likeness (QED) is 0.712. The lowest BCUT2D eigenvalue weighted by Gasteiger charge is -2.30. The van der Waals surface area contributed by atoms with Crippen LogP contribution in [0.25, 0.3) is 0 Å². The molecule has 1 aliphatic heterocycles. The number of para-hydroxylation sites is 1. The summed E-state index contributed by atoms with van der Waals surface area (Å²) in [4.78, 5) is 24.7. The molecule has 0 saturated carbocycles. The number of halogens is 1. The minimum Gasteiger partial charge on any atom is -0.347 e. The number of nitrogens with one attached hydrogen (secondary N) is 2. The highest BCUT2D eigenvalue weighted by atomic mass is 32.2. The van der Waals surface area contributed by atoms with Crippen molar-refractivity contribution in [1.29, 1.82) is 0 Å². The number of piperidine rings is 1. The van der Waals surface area contributed by atoms with Crippen LogP contribution in [0.5, 0.6) is 0 Å². The van der Waals surface area contributed by atoms with Gasteiger partial charge in [0.2, 0.25) is 21.8 Å². The van der Waals surface area contributed by atoms with Gasteiger partial charge in [0.15, 0.2) is 0 Å². The number of rotatable bonds is 6. The smallest absolute Gasteiger partial charge is 0.243 e. The average molecular weight is 448 g/mol. The summed E-state index contributed by atoms with van der Waals surface area (Å²) < 4.78 is 39.7. The zero-order valence-electron chi connectivity index (χ0n) is 17.5. The normalized spacial score (nSPS) is 15.5. The molecule has 1 saturated heterocycles. The summed E-state index contributed by atoms with van der Waals surface area (Å²) >= 11 is 0. The van der Waals surface area contributed by atoms with E-state index < -0.39 is 15.8 Å². The largest absolute Gasteiger partial charge is 0.347 e. The molecule has 1 aliphatic rings. The van der Waals surface area contributed by atoms with Gasteiger partial charge in [-0.2, -0.15) is 4.31 Å². The molecule has 1 heterocycles. The number of sulfonamides is 1. The fourth-order valence-electron chi connectivity index (χ4n) is 3.62. The molecule has 9 heteroatoms. The molecule has 166 valence electrons. The zero-order valence-corrected chi connectivity index (χ0v) is 18.3. The van der Waals surface area contributed by atoms with E-state index in [0.717, 1.165) is 28.9 Å². The summed E-state index contributed by atoms with van der Waals surface area (Å²) in [5, 5.41) is 5.46. The number of anilines is 1. The molecule has 0 aromatic heterocycles. The van der Waals surface area contributed by atoms with E-state index in [1.54, 1.807) is 0 Å². The lowest BCUT2D eigenvalue weighted by molar-refractivity contribution is -0.128. The summed E-state index contributed by atoms with van der Waals surface area (Å²) in [6.45, 7) is 4.02. The van der Waals surface area contributed by atoms with Crippen LogP contribution in [0.1, 0.15) is 24.0 Å². The Hall–Kier alpha value is -2.78.